The molecule has 0 aromatic rings. The molecule has 0 aliphatic heterocycles. The van der Waals surface area contributed by atoms with Gasteiger partial charge in [-0.3, -0.25) is 9.59 Å². The van der Waals surface area contributed by atoms with Gasteiger partial charge in [-0.25, -0.2) is 0 Å². The molecule has 3 N–H and O–H groups in total. The van der Waals surface area contributed by atoms with Crippen LogP contribution in [0.4, 0.5) is 0 Å². The van der Waals surface area contributed by atoms with Crippen molar-refractivity contribution >= 4 is 11.6 Å². The minimum absolute atomic E-state index is 0.00122. The number of carbonyl (C=O) groups is 2. The SMILES string of the molecule is C=C(C)[C@@H]1C(=O)C[C@@H](C)[C@]2(O)C3C=C(C)C(=O)[C@@]3(O)CC(CO)=C[C@@H]12. The van der Waals surface area contributed by atoms with Gasteiger partial charge in [-0.1, -0.05) is 31.2 Å². The molecular weight excluding hydrogens is 320 g/mol. The Morgan fingerprint density at radius 2 is 1.96 bits per heavy atom. The van der Waals surface area contributed by atoms with Crippen LogP contribution in [0, 0.1) is 23.7 Å². The van der Waals surface area contributed by atoms with Crippen molar-refractivity contribution in [2.45, 2.75) is 44.8 Å². The van der Waals surface area contributed by atoms with Crippen molar-refractivity contribution in [1.29, 1.82) is 0 Å². The molecular formula is C20H26O5. The van der Waals surface area contributed by atoms with E-state index in [0.717, 1.165) is 0 Å². The van der Waals surface area contributed by atoms with Crippen LogP contribution in [0.15, 0.2) is 35.5 Å². The summed E-state index contributed by atoms with van der Waals surface area (Å²) in [6.07, 6.45) is 3.47. The first kappa shape index (κ1) is 18.2. The van der Waals surface area contributed by atoms with Crippen molar-refractivity contribution in [2.75, 3.05) is 6.61 Å². The molecule has 3 aliphatic rings. The van der Waals surface area contributed by atoms with E-state index < -0.39 is 40.7 Å². The normalized spacial score (nSPS) is 43.8. The van der Waals surface area contributed by atoms with Gasteiger partial charge in [0.2, 0.25) is 0 Å². The average Bonchev–Trinajstić information content (AvgIpc) is 2.69. The summed E-state index contributed by atoms with van der Waals surface area (Å²) in [6, 6.07) is 0. The zero-order valence-electron chi connectivity index (χ0n) is 15.0. The van der Waals surface area contributed by atoms with E-state index in [4.69, 9.17) is 0 Å². The molecule has 0 bridgehead atoms. The zero-order chi connectivity index (χ0) is 18.7. The van der Waals surface area contributed by atoms with E-state index in [1.54, 1.807) is 32.9 Å². The molecule has 0 aromatic heterocycles. The van der Waals surface area contributed by atoms with Crippen molar-refractivity contribution < 1.29 is 24.9 Å². The highest BCUT2D eigenvalue weighted by Crippen LogP contribution is 2.56. The van der Waals surface area contributed by atoms with Gasteiger partial charge in [-0.2, -0.15) is 0 Å². The highest BCUT2D eigenvalue weighted by atomic mass is 16.3. The van der Waals surface area contributed by atoms with E-state index in [2.05, 4.69) is 6.58 Å². The lowest BCUT2D eigenvalue weighted by Crippen LogP contribution is -2.62. The van der Waals surface area contributed by atoms with Gasteiger partial charge < -0.3 is 15.3 Å². The maximum atomic E-state index is 12.7. The summed E-state index contributed by atoms with van der Waals surface area (Å²) < 4.78 is 0. The molecule has 136 valence electrons. The second-order valence-corrected chi connectivity index (χ2v) is 8.05. The van der Waals surface area contributed by atoms with E-state index in [1.165, 1.54) is 0 Å². The lowest BCUT2D eigenvalue weighted by molar-refractivity contribution is -0.176. The van der Waals surface area contributed by atoms with E-state index >= 15 is 0 Å². The van der Waals surface area contributed by atoms with Gasteiger partial charge in [0, 0.05) is 30.6 Å². The topological polar surface area (TPSA) is 94.8 Å². The number of hydrogen-bond donors (Lipinski definition) is 3. The van der Waals surface area contributed by atoms with Gasteiger partial charge in [-0.15, -0.1) is 0 Å². The highest BCUT2D eigenvalue weighted by Gasteiger charge is 2.65. The predicted octanol–water partition coefficient (Wildman–Crippen LogP) is 1.33. The molecule has 0 heterocycles. The number of rotatable bonds is 2. The second-order valence-electron chi connectivity index (χ2n) is 8.05. The van der Waals surface area contributed by atoms with Crippen LogP contribution in [0.25, 0.3) is 0 Å². The fourth-order valence-electron chi connectivity index (χ4n) is 5.13. The average molecular weight is 346 g/mol. The maximum Gasteiger partial charge on any atom is 0.190 e. The number of aliphatic hydroxyl groups is 3. The molecule has 3 rings (SSSR count). The zero-order valence-corrected chi connectivity index (χ0v) is 15.0. The summed E-state index contributed by atoms with van der Waals surface area (Å²) in [4.78, 5) is 25.3. The molecule has 0 amide bonds. The number of allylic oxidation sites excluding steroid dienone is 1. The quantitative estimate of drug-likeness (QED) is 0.656. The number of aliphatic hydroxyl groups excluding tert-OH is 1. The monoisotopic (exact) mass is 346 g/mol. The smallest absolute Gasteiger partial charge is 0.190 e. The van der Waals surface area contributed by atoms with Crippen molar-refractivity contribution in [3.63, 3.8) is 0 Å². The second kappa shape index (κ2) is 5.73. The summed E-state index contributed by atoms with van der Waals surface area (Å²) >= 11 is 0. The number of carbonyl (C=O) groups excluding carboxylic acids is 2. The molecule has 5 nitrogen and oxygen atoms in total. The first-order valence-electron chi connectivity index (χ1n) is 8.73. The largest absolute Gasteiger partial charge is 0.392 e. The van der Waals surface area contributed by atoms with Crippen LogP contribution in [0.2, 0.25) is 0 Å². The van der Waals surface area contributed by atoms with Gasteiger partial charge in [0.1, 0.15) is 11.4 Å². The summed E-state index contributed by atoms with van der Waals surface area (Å²) in [7, 11) is 0. The fourth-order valence-corrected chi connectivity index (χ4v) is 5.13. The van der Waals surface area contributed by atoms with Crippen LogP contribution in [-0.2, 0) is 9.59 Å². The lowest BCUT2D eigenvalue weighted by atomic mass is 9.56. The lowest BCUT2D eigenvalue weighted by Gasteiger charge is -2.51. The minimum Gasteiger partial charge on any atom is -0.392 e. The summed E-state index contributed by atoms with van der Waals surface area (Å²) in [5, 5.41) is 32.7. The Morgan fingerprint density at radius 1 is 1.32 bits per heavy atom. The van der Waals surface area contributed by atoms with Crippen LogP contribution < -0.4 is 0 Å². The van der Waals surface area contributed by atoms with Gasteiger partial charge in [0.15, 0.2) is 5.78 Å². The summed E-state index contributed by atoms with van der Waals surface area (Å²) in [5.74, 6) is -2.88. The fraction of sp³-hybridized carbons (Fsp3) is 0.600. The third kappa shape index (κ3) is 2.33. The Balaban J connectivity index is 2.26. The highest BCUT2D eigenvalue weighted by molar-refractivity contribution is 6.05. The number of hydrogen-bond acceptors (Lipinski definition) is 5. The molecule has 0 aromatic carbocycles. The Kier molecular flexibility index (Phi) is 4.18. The minimum atomic E-state index is -1.78. The van der Waals surface area contributed by atoms with Crippen LogP contribution in [0.1, 0.15) is 33.6 Å². The Labute approximate surface area is 147 Å². The first-order valence-corrected chi connectivity index (χ1v) is 8.73. The van der Waals surface area contributed by atoms with E-state index in [9.17, 15) is 24.9 Å². The Bertz CT molecular complexity index is 718. The van der Waals surface area contributed by atoms with Crippen molar-refractivity contribution in [3.05, 3.63) is 35.5 Å². The number of fused-ring (bicyclic) bond motifs is 3. The molecule has 5 heteroatoms. The molecule has 6 atom stereocenters. The molecule has 0 radical (unpaired) electrons. The van der Waals surface area contributed by atoms with E-state index in [0.29, 0.717) is 16.7 Å². The molecule has 0 saturated heterocycles. The third-order valence-electron chi connectivity index (χ3n) is 6.36. The van der Waals surface area contributed by atoms with Gasteiger partial charge in [0.25, 0.3) is 0 Å². The van der Waals surface area contributed by atoms with Crippen LogP contribution in [0.5, 0.6) is 0 Å². The van der Waals surface area contributed by atoms with Crippen molar-refractivity contribution in [2.24, 2.45) is 23.7 Å². The standard InChI is InChI=1S/C20H26O5/c1-10(2)17-14-7-13(9-21)8-19(24)16(5-11(3)18(19)23)20(14,25)12(4)6-15(17)22/h5,7,12,14,16-17,21,24-25H,1,6,8-9H2,2-4H3/t12-,14+,16?,17+,19-,20-/m1/s1. The van der Waals surface area contributed by atoms with Gasteiger partial charge >= 0.3 is 0 Å². The van der Waals surface area contributed by atoms with E-state index in [-0.39, 0.29) is 25.2 Å². The predicted molar refractivity (Wildman–Crippen MR) is 92.5 cm³/mol. The molecule has 1 saturated carbocycles. The third-order valence-corrected chi connectivity index (χ3v) is 6.36. The van der Waals surface area contributed by atoms with Gasteiger partial charge in [-0.05, 0) is 30.9 Å². The summed E-state index contributed by atoms with van der Waals surface area (Å²) in [5.41, 5.74) is -1.72. The molecule has 1 unspecified atom stereocenters. The number of Topliss-reactive ketones (excluding diaryl/α,β-unsaturated/α-hetero) is 2. The van der Waals surface area contributed by atoms with Gasteiger partial charge in [0.05, 0.1) is 12.2 Å². The first-order chi connectivity index (χ1) is 11.6. The Morgan fingerprint density at radius 3 is 2.52 bits per heavy atom. The van der Waals surface area contributed by atoms with Crippen LogP contribution >= 0.6 is 0 Å². The molecule has 3 aliphatic carbocycles. The van der Waals surface area contributed by atoms with Crippen LogP contribution in [0.3, 0.4) is 0 Å². The maximum absolute atomic E-state index is 12.7. The number of ketones is 2. The molecule has 0 spiro atoms. The van der Waals surface area contributed by atoms with Crippen molar-refractivity contribution in [3.8, 4) is 0 Å². The molecule has 1 fully saturated rings. The van der Waals surface area contributed by atoms with Crippen LogP contribution in [-0.4, -0.2) is 44.7 Å². The summed E-state index contributed by atoms with van der Waals surface area (Å²) in [6.45, 7) is 8.75. The Hall–Kier alpha value is -1.56. The molecule has 25 heavy (non-hydrogen) atoms. The van der Waals surface area contributed by atoms with Crippen molar-refractivity contribution in [1.82, 2.24) is 0 Å². The van der Waals surface area contributed by atoms with E-state index in [1.807, 2.05) is 0 Å².